The van der Waals surface area contributed by atoms with Crippen molar-refractivity contribution in [3.05, 3.63) is 71.5 Å². The molecule has 3 heterocycles. The maximum absolute atomic E-state index is 14.1. The second-order valence-corrected chi connectivity index (χ2v) is 9.13. The molecule has 2 unspecified atom stereocenters. The van der Waals surface area contributed by atoms with E-state index in [1.165, 1.54) is 5.56 Å². The lowest BCUT2D eigenvalue weighted by atomic mass is 9.83. The van der Waals surface area contributed by atoms with Crippen LogP contribution in [-0.2, 0) is 13.0 Å². The van der Waals surface area contributed by atoms with Crippen molar-refractivity contribution in [3.8, 4) is 0 Å². The van der Waals surface area contributed by atoms with E-state index in [4.69, 9.17) is 0 Å². The molecule has 1 N–H and O–H groups in total. The van der Waals surface area contributed by atoms with Crippen LogP contribution in [0.4, 0.5) is 4.39 Å². The van der Waals surface area contributed by atoms with Crippen molar-refractivity contribution in [2.75, 3.05) is 39.3 Å². The number of rotatable bonds is 5. The van der Waals surface area contributed by atoms with Crippen LogP contribution in [0.5, 0.6) is 0 Å². The van der Waals surface area contributed by atoms with Crippen LogP contribution >= 0.6 is 0 Å². The van der Waals surface area contributed by atoms with Crippen LogP contribution in [0.15, 0.2) is 54.6 Å². The molecule has 2 aromatic carbocycles. The van der Waals surface area contributed by atoms with Crippen LogP contribution < -0.4 is 0 Å². The summed E-state index contributed by atoms with van der Waals surface area (Å²) in [5.74, 6) is -0.115. The van der Waals surface area contributed by atoms with Crippen molar-refractivity contribution in [2.45, 2.75) is 37.1 Å². The molecule has 2 aromatic rings. The highest BCUT2D eigenvalue weighted by atomic mass is 19.1. The van der Waals surface area contributed by atoms with Gasteiger partial charge in [0.25, 0.3) is 0 Å². The van der Waals surface area contributed by atoms with Gasteiger partial charge in [-0.05, 0) is 24.5 Å². The fourth-order valence-electron chi connectivity index (χ4n) is 5.67. The van der Waals surface area contributed by atoms with Gasteiger partial charge in [0.15, 0.2) is 0 Å². The molecular weight excluding hydrogens is 365 g/mol. The average molecular weight is 396 g/mol. The fraction of sp³-hybridized carbons (Fsp3) is 0.500. The van der Waals surface area contributed by atoms with E-state index >= 15 is 0 Å². The first-order valence-corrected chi connectivity index (χ1v) is 10.8. The molecule has 29 heavy (non-hydrogen) atoms. The Bertz CT molecular complexity index is 839. The number of hydrogen-bond acceptors (Lipinski definition) is 4. The Morgan fingerprint density at radius 2 is 1.66 bits per heavy atom. The summed E-state index contributed by atoms with van der Waals surface area (Å²) in [5.41, 5.74) is 2.25. The topological polar surface area (TPSA) is 30.0 Å². The zero-order chi connectivity index (χ0) is 19.8. The molecule has 3 aliphatic rings. The number of β-amino-alcohol motifs (C(OH)–C–C–N with tert-alkyl or cyclic N) is 1. The highest BCUT2D eigenvalue weighted by Gasteiger charge is 2.55. The number of nitrogens with zero attached hydrogens (tertiary/aromatic N) is 3. The number of aliphatic hydroxyl groups excluding tert-OH is 1. The highest BCUT2D eigenvalue weighted by Crippen LogP contribution is 2.39. The largest absolute Gasteiger partial charge is 0.392 e. The normalized spacial score (nSPS) is 27.1. The Hall–Kier alpha value is -1.79. The summed E-state index contributed by atoms with van der Waals surface area (Å²) in [7, 11) is 0. The third-order valence-electron chi connectivity index (χ3n) is 6.94. The standard InChI is InChI=1S/C24H30FN3O/c25-23-9-5-4-8-20(23)13-27-17-24(18-27)16-26(11-10-19-6-2-1-3-7-19)14-21-12-22(29)15-28(21)24/h1-9,21-22,29H,10-18H2. The molecule has 0 radical (unpaired) electrons. The van der Waals surface area contributed by atoms with Gasteiger partial charge in [-0.25, -0.2) is 4.39 Å². The fourth-order valence-corrected chi connectivity index (χ4v) is 5.67. The summed E-state index contributed by atoms with van der Waals surface area (Å²) in [6.07, 6.45) is 1.72. The summed E-state index contributed by atoms with van der Waals surface area (Å²) >= 11 is 0. The van der Waals surface area contributed by atoms with Gasteiger partial charge in [-0.3, -0.25) is 14.7 Å². The molecule has 1 spiro atoms. The van der Waals surface area contributed by atoms with Crippen molar-refractivity contribution in [3.63, 3.8) is 0 Å². The van der Waals surface area contributed by atoms with Crippen molar-refractivity contribution >= 4 is 0 Å². The van der Waals surface area contributed by atoms with Crippen LogP contribution in [0.1, 0.15) is 17.5 Å². The lowest BCUT2D eigenvalue weighted by molar-refractivity contribution is -0.116. The second kappa shape index (κ2) is 7.80. The third kappa shape index (κ3) is 3.84. The van der Waals surface area contributed by atoms with Gasteiger partial charge in [-0.2, -0.15) is 0 Å². The van der Waals surface area contributed by atoms with Crippen molar-refractivity contribution in [1.82, 2.24) is 14.7 Å². The summed E-state index contributed by atoms with van der Waals surface area (Å²) in [5, 5.41) is 10.3. The lowest BCUT2D eigenvalue weighted by Crippen LogP contribution is -2.77. The molecule has 0 saturated carbocycles. The monoisotopic (exact) mass is 395 g/mol. The van der Waals surface area contributed by atoms with Crippen molar-refractivity contribution < 1.29 is 9.50 Å². The number of halogens is 1. The molecule has 3 saturated heterocycles. The first kappa shape index (κ1) is 19.2. The zero-order valence-corrected chi connectivity index (χ0v) is 16.9. The van der Waals surface area contributed by atoms with E-state index in [2.05, 4.69) is 45.0 Å². The number of aliphatic hydroxyl groups is 1. The highest BCUT2D eigenvalue weighted by molar-refractivity contribution is 5.20. The van der Waals surface area contributed by atoms with Gasteiger partial charge in [0.2, 0.25) is 0 Å². The number of hydrogen-bond donors (Lipinski definition) is 1. The third-order valence-corrected chi connectivity index (χ3v) is 6.94. The van der Waals surface area contributed by atoms with Gasteiger partial charge >= 0.3 is 0 Å². The van der Waals surface area contributed by atoms with Gasteiger partial charge in [0.1, 0.15) is 5.82 Å². The van der Waals surface area contributed by atoms with E-state index < -0.39 is 0 Å². The van der Waals surface area contributed by atoms with Crippen molar-refractivity contribution in [1.29, 1.82) is 0 Å². The van der Waals surface area contributed by atoms with E-state index in [0.717, 1.165) is 57.7 Å². The second-order valence-electron chi connectivity index (χ2n) is 9.13. The van der Waals surface area contributed by atoms with Crippen LogP contribution in [0.3, 0.4) is 0 Å². The molecule has 0 aromatic heterocycles. The number of piperazine rings is 1. The molecule has 3 fully saturated rings. The maximum atomic E-state index is 14.1. The smallest absolute Gasteiger partial charge is 0.127 e. The summed E-state index contributed by atoms with van der Waals surface area (Å²) < 4.78 is 14.1. The molecule has 0 bridgehead atoms. The Morgan fingerprint density at radius 1 is 0.931 bits per heavy atom. The van der Waals surface area contributed by atoms with Gasteiger partial charge in [-0.1, -0.05) is 48.5 Å². The quantitative estimate of drug-likeness (QED) is 0.842. The van der Waals surface area contributed by atoms with Gasteiger partial charge < -0.3 is 5.11 Å². The molecule has 0 amide bonds. The molecule has 2 atom stereocenters. The zero-order valence-electron chi connectivity index (χ0n) is 16.9. The predicted octanol–water partition coefficient (Wildman–Crippen LogP) is 2.37. The van der Waals surface area contributed by atoms with Crippen LogP contribution in [0.2, 0.25) is 0 Å². The first-order chi connectivity index (χ1) is 14.1. The average Bonchev–Trinajstić information content (AvgIpc) is 3.08. The van der Waals surface area contributed by atoms with E-state index in [0.29, 0.717) is 12.6 Å². The van der Waals surface area contributed by atoms with Crippen molar-refractivity contribution in [2.24, 2.45) is 0 Å². The van der Waals surface area contributed by atoms with Crippen LogP contribution in [-0.4, -0.2) is 76.8 Å². The van der Waals surface area contributed by atoms with E-state index in [1.54, 1.807) is 12.1 Å². The maximum Gasteiger partial charge on any atom is 0.127 e. The van der Waals surface area contributed by atoms with Crippen LogP contribution in [0, 0.1) is 5.82 Å². The summed E-state index contributed by atoms with van der Waals surface area (Å²) in [4.78, 5) is 7.50. The summed E-state index contributed by atoms with van der Waals surface area (Å²) in [6, 6.07) is 18.2. The molecular formula is C24H30FN3O. The van der Waals surface area contributed by atoms with Gasteiger partial charge in [0.05, 0.1) is 11.6 Å². The van der Waals surface area contributed by atoms with Crippen LogP contribution in [0.25, 0.3) is 0 Å². The molecule has 3 aliphatic heterocycles. The minimum atomic E-state index is -0.216. The summed E-state index contributed by atoms with van der Waals surface area (Å²) in [6.45, 7) is 6.48. The number of benzene rings is 2. The Balaban J connectivity index is 1.26. The van der Waals surface area contributed by atoms with E-state index in [1.807, 2.05) is 12.1 Å². The molecule has 5 rings (SSSR count). The lowest BCUT2D eigenvalue weighted by Gasteiger charge is -2.61. The van der Waals surface area contributed by atoms with Gasteiger partial charge in [0, 0.05) is 57.4 Å². The predicted molar refractivity (Wildman–Crippen MR) is 112 cm³/mol. The Kier molecular flexibility index (Phi) is 5.16. The Morgan fingerprint density at radius 3 is 2.45 bits per heavy atom. The van der Waals surface area contributed by atoms with E-state index in [-0.39, 0.29) is 17.5 Å². The molecule has 4 nitrogen and oxygen atoms in total. The Labute approximate surface area is 172 Å². The minimum absolute atomic E-state index is 0.0995. The SMILES string of the molecule is OC1CC2CN(CCc3ccccc3)CC3(CN(Cc4ccccc4F)C3)N2C1. The molecule has 154 valence electrons. The molecule has 5 heteroatoms. The van der Waals surface area contributed by atoms with Gasteiger partial charge in [-0.15, -0.1) is 0 Å². The van der Waals surface area contributed by atoms with E-state index in [9.17, 15) is 9.50 Å². The minimum Gasteiger partial charge on any atom is -0.392 e. The number of fused-ring (bicyclic) bond motifs is 2. The first-order valence-electron chi connectivity index (χ1n) is 10.8. The molecule has 0 aliphatic carbocycles. The number of likely N-dealkylation sites (tertiary alicyclic amines) is 1.